The number of nitrogens with zero attached hydrogens (tertiary/aromatic N) is 1. The summed E-state index contributed by atoms with van der Waals surface area (Å²) in [6.07, 6.45) is 1.63. The molecule has 0 unspecified atom stereocenters. The van der Waals surface area contributed by atoms with Crippen molar-refractivity contribution in [3.05, 3.63) is 29.6 Å². The van der Waals surface area contributed by atoms with Crippen molar-refractivity contribution in [3.63, 3.8) is 0 Å². The molecule has 0 aromatic heterocycles. The molecule has 1 aliphatic heterocycles. The Morgan fingerprint density at radius 3 is 2.48 bits per heavy atom. The van der Waals surface area contributed by atoms with Gasteiger partial charge in [0.2, 0.25) is 0 Å². The maximum absolute atomic E-state index is 14.1. The molecule has 1 aliphatic rings. The lowest BCUT2D eigenvalue weighted by Crippen LogP contribution is -2.39. The quantitative estimate of drug-likeness (QED) is 0.594. The van der Waals surface area contributed by atoms with Crippen LogP contribution in [0.1, 0.15) is 30.1 Å². The topological polar surface area (TPSA) is 48.0 Å². The summed E-state index contributed by atoms with van der Waals surface area (Å²) in [5.41, 5.74) is 0.754. The van der Waals surface area contributed by atoms with Crippen LogP contribution in [0.25, 0.3) is 0 Å². The van der Waals surface area contributed by atoms with Gasteiger partial charge in [0.15, 0.2) is 6.29 Å². The zero-order valence-corrected chi connectivity index (χ0v) is 13.9. The third-order valence-corrected chi connectivity index (χ3v) is 4.20. The van der Waals surface area contributed by atoms with Gasteiger partial charge in [-0.3, -0.25) is 0 Å². The SMILES string of the molecule is CCOC(=O)c1ccc(N2CCC(C(OC)OC)CC2)cc1F. The highest BCUT2D eigenvalue weighted by Gasteiger charge is 2.27. The number of rotatable bonds is 6. The number of esters is 1. The summed E-state index contributed by atoms with van der Waals surface area (Å²) < 4.78 is 29.6. The molecule has 0 N–H and O–H groups in total. The van der Waals surface area contributed by atoms with Gasteiger partial charge < -0.3 is 19.1 Å². The molecule has 1 aromatic rings. The molecule has 0 atom stereocenters. The predicted molar refractivity (Wildman–Crippen MR) is 85.1 cm³/mol. The molecule has 0 bridgehead atoms. The smallest absolute Gasteiger partial charge is 0.341 e. The summed E-state index contributed by atoms with van der Waals surface area (Å²) in [6.45, 7) is 3.52. The minimum Gasteiger partial charge on any atom is -0.462 e. The molecule has 1 saturated heterocycles. The molecule has 5 nitrogen and oxygen atoms in total. The summed E-state index contributed by atoms with van der Waals surface area (Å²) in [4.78, 5) is 13.7. The van der Waals surface area contributed by atoms with Crippen LogP contribution < -0.4 is 4.90 Å². The Morgan fingerprint density at radius 2 is 1.96 bits per heavy atom. The second-order valence-electron chi connectivity index (χ2n) is 5.55. The van der Waals surface area contributed by atoms with E-state index < -0.39 is 11.8 Å². The summed E-state index contributed by atoms with van der Waals surface area (Å²) >= 11 is 0. The molecule has 0 aliphatic carbocycles. The van der Waals surface area contributed by atoms with E-state index in [1.54, 1.807) is 27.2 Å². The highest BCUT2D eigenvalue weighted by Crippen LogP contribution is 2.27. The van der Waals surface area contributed by atoms with E-state index in [4.69, 9.17) is 14.2 Å². The Balaban J connectivity index is 2.01. The van der Waals surface area contributed by atoms with Crippen LogP contribution in [0.4, 0.5) is 10.1 Å². The Kier molecular flexibility index (Phi) is 6.36. The highest BCUT2D eigenvalue weighted by molar-refractivity contribution is 5.90. The Bertz CT molecular complexity index is 525. The van der Waals surface area contributed by atoms with Crippen molar-refractivity contribution in [3.8, 4) is 0 Å². The Morgan fingerprint density at radius 1 is 1.30 bits per heavy atom. The number of halogens is 1. The van der Waals surface area contributed by atoms with Crippen molar-refractivity contribution in [1.29, 1.82) is 0 Å². The molecule has 128 valence electrons. The summed E-state index contributed by atoms with van der Waals surface area (Å²) in [5, 5.41) is 0. The van der Waals surface area contributed by atoms with Crippen LogP contribution in [-0.4, -0.2) is 46.2 Å². The fraction of sp³-hybridized carbons (Fsp3) is 0.588. The van der Waals surface area contributed by atoms with Gasteiger partial charge in [0.25, 0.3) is 0 Å². The number of anilines is 1. The molecule has 2 rings (SSSR count). The van der Waals surface area contributed by atoms with Crippen molar-refractivity contribution in [2.24, 2.45) is 5.92 Å². The largest absolute Gasteiger partial charge is 0.462 e. The molecule has 1 heterocycles. The van der Waals surface area contributed by atoms with Gasteiger partial charge in [-0.2, -0.15) is 0 Å². The minimum atomic E-state index is -0.627. The van der Waals surface area contributed by atoms with Crippen LogP contribution in [0.2, 0.25) is 0 Å². The van der Waals surface area contributed by atoms with Crippen LogP contribution in [0, 0.1) is 11.7 Å². The normalized spacial score (nSPS) is 16.0. The molecule has 0 saturated carbocycles. The zero-order valence-electron chi connectivity index (χ0n) is 13.9. The first kappa shape index (κ1) is 17.7. The minimum absolute atomic E-state index is 0.0238. The number of benzene rings is 1. The van der Waals surface area contributed by atoms with Crippen molar-refractivity contribution >= 4 is 11.7 Å². The van der Waals surface area contributed by atoms with Crippen molar-refractivity contribution < 1.29 is 23.4 Å². The number of carbonyl (C=O) groups is 1. The van der Waals surface area contributed by atoms with E-state index in [2.05, 4.69) is 4.90 Å². The van der Waals surface area contributed by atoms with Crippen LogP contribution in [0.15, 0.2) is 18.2 Å². The van der Waals surface area contributed by atoms with Gasteiger partial charge in [0.05, 0.1) is 12.2 Å². The van der Waals surface area contributed by atoms with E-state index in [9.17, 15) is 9.18 Å². The maximum atomic E-state index is 14.1. The second kappa shape index (κ2) is 8.26. The van der Waals surface area contributed by atoms with E-state index in [0.717, 1.165) is 31.6 Å². The third-order valence-electron chi connectivity index (χ3n) is 4.20. The van der Waals surface area contributed by atoms with E-state index in [1.807, 2.05) is 0 Å². The predicted octanol–water partition coefficient (Wildman–Crippen LogP) is 2.84. The molecule has 1 aromatic carbocycles. The fourth-order valence-electron chi connectivity index (χ4n) is 2.99. The number of hydrogen-bond acceptors (Lipinski definition) is 5. The van der Waals surface area contributed by atoms with Gasteiger partial charge in [-0.05, 0) is 38.0 Å². The van der Waals surface area contributed by atoms with Crippen LogP contribution in [0.3, 0.4) is 0 Å². The highest BCUT2D eigenvalue weighted by atomic mass is 19.1. The van der Waals surface area contributed by atoms with Crippen LogP contribution in [0.5, 0.6) is 0 Å². The molecule has 0 radical (unpaired) electrons. The molecular formula is C17H24FNO4. The standard InChI is InChI=1S/C17H24FNO4/c1-4-23-16(20)14-6-5-13(11-15(14)18)19-9-7-12(8-10-19)17(21-2)22-3/h5-6,11-12,17H,4,7-10H2,1-3H3. The first-order chi connectivity index (χ1) is 11.1. The monoisotopic (exact) mass is 325 g/mol. The Hall–Kier alpha value is -1.66. The summed E-state index contributed by atoms with van der Waals surface area (Å²) in [7, 11) is 3.29. The summed E-state index contributed by atoms with van der Waals surface area (Å²) in [5.74, 6) is -0.835. The van der Waals surface area contributed by atoms with Gasteiger partial charge >= 0.3 is 5.97 Å². The summed E-state index contributed by atoms with van der Waals surface area (Å²) in [6, 6.07) is 4.65. The zero-order chi connectivity index (χ0) is 16.8. The van der Waals surface area contributed by atoms with Crippen LogP contribution in [-0.2, 0) is 14.2 Å². The van der Waals surface area contributed by atoms with E-state index >= 15 is 0 Å². The van der Waals surface area contributed by atoms with E-state index in [1.165, 1.54) is 12.1 Å². The molecule has 0 amide bonds. The van der Waals surface area contributed by atoms with E-state index in [-0.39, 0.29) is 18.5 Å². The van der Waals surface area contributed by atoms with Crippen molar-refractivity contribution in [1.82, 2.24) is 0 Å². The number of carbonyl (C=O) groups excluding carboxylic acids is 1. The number of methoxy groups -OCH3 is 2. The lowest BCUT2D eigenvalue weighted by Gasteiger charge is -2.36. The third kappa shape index (κ3) is 4.20. The van der Waals surface area contributed by atoms with Crippen LogP contribution >= 0.6 is 0 Å². The van der Waals surface area contributed by atoms with Gasteiger partial charge in [0.1, 0.15) is 5.82 Å². The number of piperidine rings is 1. The van der Waals surface area contributed by atoms with Gasteiger partial charge in [-0.15, -0.1) is 0 Å². The molecule has 23 heavy (non-hydrogen) atoms. The maximum Gasteiger partial charge on any atom is 0.341 e. The fourth-order valence-corrected chi connectivity index (χ4v) is 2.99. The van der Waals surface area contributed by atoms with Gasteiger partial charge in [0, 0.05) is 38.9 Å². The van der Waals surface area contributed by atoms with Gasteiger partial charge in [-0.1, -0.05) is 0 Å². The van der Waals surface area contributed by atoms with E-state index in [0.29, 0.717) is 5.92 Å². The molecule has 1 fully saturated rings. The lowest BCUT2D eigenvalue weighted by atomic mass is 9.95. The molecule has 6 heteroatoms. The molecular weight excluding hydrogens is 301 g/mol. The average Bonchev–Trinajstić information content (AvgIpc) is 2.56. The first-order valence-corrected chi connectivity index (χ1v) is 7.87. The number of hydrogen-bond donors (Lipinski definition) is 0. The van der Waals surface area contributed by atoms with Gasteiger partial charge in [-0.25, -0.2) is 9.18 Å². The number of ether oxygens (including phenoxy) is 3. The van der Waals surface area contributed by atoms with Crippen molar-refractivity contribution in [2.45, 2.75) is 26.1 Å². The van der Waals surface area contributed by atoms with Crippen molar-refractivity contribution in [2.75, 3.05) is 38.8 Å². The molecule has 0 spiro atoms. The Labute approximate surface area is 136 Å². The lowest BCUT2D eigenvalue weighted by molar-refractivity contribution is -0.141. The second-order valence-corrected chi connectivity index (χ2v) is 5.55. The average molecular weight is 325 g/mol. The first-order valence-electron chi connectivity index (χ1n) is 7.87.